The number of ether oxygens (including phenoxy) is 1. The monoisotopic (exact) mass is 319 g/mol. The summed E-state index contributed by atoms with van der Waals surface area (Å²) in [5.74, 6) is 0.325. The van der Waals surface area contributed by atoms with Gasteiger partial charge in [-0.3, -0.25) is 9.48 Å². The first-order chi connectivity index (χ1) is 11.1. The lowest BCUT2D eigenvalue weighted by atomic mass is 9.80. The number of aryl methyl sites for hydroxylation is 1. The summed E-state index contributed by atoms with van der Waals surface area (Å²) in [6, 6.07) is 0.437. The van der Waals surface area contributed by atoms with Gasteiger partial charge in [0.15, 0.2) is 0 Å². The molecule has 0 aromatic carbocycles. The summed E-state index contributed by atoms with van der Waals surface area (Å²) in [6.45, 7) is 7.43. The number of likely N-dealkylation sites (tertiary alicyclic amines) is 1. The predicted octanol–water partition coefficient (Wildman–Crippen LogP) is 2.82. The lowest BCUT2D eigenvalue weighted by Crippen LogP contribution is -2.48. The summed E-state index contributed by atoms with van der Waals surface area (Å²) in [5.41, 5.74) is 1.10. The Hall–Kier alpha value is -1.36. The fourth-order valence-electron chi connectivity index (χ4n) is 3.75. The van der Waals surface area contributed by atoms with Crippen LogP contribution in [0.2, 0.25) is 0 Å². The Morgan fingerprint density at radius 2 is 2.04 bits per heavy atom. The first kappa shape index (κ1) is 16.5. The van der Waals surface area contributed by atoms with Crippen LogP contribution in [0.15, 0.2) is 12.4 Å². The molecule has 1 amide bonds. The molecule has 2 saturated heterocycles. The van der Waals surface area contributed by atoms with Gasteiger partial charge in [-0.1, -0.05) is 20.3 Å². The molecule has 0 spiro atoms. The molecule has 3 rings (SSSR count). The smallest absolute Gasteiger partial charge is 0.228 e. The van der Waals surface area contributed by atoms with Gasteiger partial charge < -0.3 is 9.64 Å². The SMILES string of the molecule is CCCc1cnn(C2CCN(C(=O)C3(C)CCOCC3)CC2)c1. The molecule has 0 N–H and O–H groups in total. The van der Waals surface area contributed by atoms with E-state index >= 15 is 0 Å². The van der Waals surface area contributed by atoms with Gasteiger partial charge >= 0.3 is 0 Å². The molecule has 0 saturated carbocycles. The van der Waals surface area contributed by atoms with Gasteiger partial charge in [0.05, 0.1) is 17.7 Å². The summed E-state index contributed by atoms with van der Waals surface area (Å²) < 4.78 is 7.53. The number of piperidine rings is 1. The summed E-state index contributed by atoms with van der Waals surface area (Å²) in [5, 5.41) is 4.53. The minimum atomic E-state index is -0.217. The number of carbonyl (C=O) groups is 1. The Morgan fingerprint density at radius 3 is 2.70 bits per heavy atom. The molecule has 0 atom stereocenters. The van der Waals surface area contributed by atoms with Gasteiger partial charge in [-0.25, -0.2) is 0 Å². The number of aromatic nitrogens is 2. The number of rotatable bonds is 4. The van der Waals surface area contributed by atoms with Gasteiger partial charge in [-0.15, -0.1) is 0 Å². The van der Waals surface area contributed by atoms with Crippen LogP contribution in [0.4, 0.5) is 0 Å². The van der Waals surface area contributed by atoms with Crippen molar-refractivity contribution >= 4 is 5.91 Å². The minimum absolute atomic E-state index is 0.217. The molecule has 5 nitrogen and oxygen atoms in total. The van der Waals surface area contributed by atoms with Crippen molar-refractivity contribution in [3.63, 3.8) is 0 Å². The van der Waals surface area contributed by atoms with Crippen LogP contribution >= 0.6 is 0 Å². The van der Waals surface area contributed by atoms with E-state index in [1.54, 1.807) is 0 Å². The van der Waals surface area contributed by atoms with Crippen molar-refractivity contribution in [2.75, 3.05) is 26.3 Å². The van der Waals surface area contributed by atoms with E-state index in [4.69, 9.17) is 4.74 Å². The van der Waals surface area contributed by atoms with Gasteiger partial charge in [-0.05, 0) is 37.7 Å². The van der Waals surface area contributed by atoms with Crippen LogP contribution < -0.4 is 0 Å². The first-order valence-electron chi connectivity index (χ1n) is 9.02. The Labute approximate surface area is 139 Å². The summed E-state index contributed by atoms with van der Waals surface area (Å²) in [7, 11) is 0. The van der Waals surface area contributed by atoms with Crippen LogP contribution in [0.5, 0.6) is 0 Å². The quantitative estimate of drug-likeness (QED) is 0.857. The highest BCUT2D eigenvalue weighted by atomic mass is 16.5. The van der Waals surface area contributed by atoms with Gasteiger partial charge in [0.25, 0.3) is 0 Å². The van der Waals surface area contributed by atoms with Crippen molar-refractivity contribution in [2.45, 2.75) is 58.4 Å². The Balaban J connectivity index is 1.56. The second-order valence-electron chi connectivity index (χ2n) is 7.28. The number of hydrogen-bond donors (Lipinski definition) is 0. The van der Waals surface area contributed by atoms with Gasteiger partial charge in [0.2, 0.25) is 5.91 Å². The highest BCUT2D eigenvalue weighted by Gasteiger charge is 2.39. The molecule has 128 valence electrons. The molecular weight excluding hydrogens is 290 g/mol. The third-order valence-electron chi connectivity index (χ3n) is 5.43. The zero-order valence-electron chi connectivity index (χ0n) is 14.5. The average molecular weight is 319 g/mol. The van der Waals surface area contributed by atoms with Crippen LogP contribution in [0, 0.1) is 5.41 Å². The van der Waals surface area contributed by atoms with Crippen LogP contribution in [0.1, 0.15) is 57.6 Å². The third-order valence-corrected chi connectivity index (χ3v) is 5.43. The van der Waals surface area contributed by atoms with Crippen LogP contribution in [-0.4, -0.2) is 46.9 Å². The summed E-state index contributed by atoms with van der Waals surface area (Å²) in [4.78, 5) is 14.9. The van der Waals surface area contributed by atoms with Crippen molar-refractivity contribution in [1.29, 1.82) is 0 Å². The zero-order chi connectivity index (χ0) is 16.3. The molecule has 2 fully saturated rings. The van der Waals surface area contributed by atoms with Crippen LogP contribution in [0.3, 0.4) is 0 Å². The number of nitrogens with zero attached hydrogens (tertiary/aromatic N) is 3. The molecule has 2 aliphatic rings. The molecule has 3 heterocycles. The Bertz CT molecular complexity index is 526. The number of amides is 1. The molecular formula is C18H29N3O2. The Kier molecular flexibility index (Phi) is 5.05. The van der Waals surface area contributed by atoms with Crippen molar-refractivity contribution in [3.05, 3.63) is 18.0 Å². The topological polar surface area (TPSA) is 47.4 Å². The number of hydrogen-bond acceptors (Lipinski definition) is 3. The highest BCUT2D eigenvalue weighted by molar-refractivity contribution is 5.82. The van der Waals surface area contributed by atoms with Crippen LogP contribution in [0.25, 0.3) is 0 Å². The van der Waals surface area contributed by atoms with Crippen molar-refractivity contribution < 1.29 is 9.53 Å². The second-order valence-corrected chi connectivity index (χ2v) is 7.28. The lowest BCUT2D eigenvalue weighted by molar-refractivity contribution is -0.147. The maximum atomic E-state index is 12.9. The van der Waals surface area contributed by atoms with Crippen molar-refractivity contribution in [2.24, 2.45) is 5.41 Å². The maximum absolute atomic E-state index is 12.9. The predicted molar refractivity (Wildman–Crippen MR) is 89.2 cm³/mol. The molecule has 1 aromatic heterocycles. The maximum Gasteiger partial charge on any atom is 0.228 e. The van der Waals surface area contributed by atoms with E-state index in [1.165, 1.54) is 5.56 Å². The van der Waals surface area contributed by atoms with E-state index < -0.39 is 0 Å². The summed E-state index contributed by atoms with van der Waals surface area (Å²) >= 11 is 0. The standard InChI is InChI=1S/C18H29N3O2/c1-3-4-15-13-19-21(14-15)16-5-9-20(10-6-16)17(22)18(2)7-11-23-12-8-18/h13-14,16H,3-12H2,1-2H3. The normalized spacial score (nSPS) is 22.3. The second kappa shape index (κ2) is 7.04. The third kappa shape index (κ3) is 3.60. The van der Waals surface area contributed by atoms with Gasteiger partial charge in [0.1, 0.15) is 0 Å². The van der Waals surface area contributed by atoms with Crippen LogP contribution in [-0.2, 0) is 16.0 Å². The van der Waals surface area contributed by atoms with Gasteiger partial charge in [-0.2, -0.15) is 5.10 Å². The highest BCUT2D eigenvalue weighted by Crippen LogP contribution is 2.34. The van der Waals surface area contributed by atoms with E-state index in [1.807, 2.05) is 6.20 Å². The fraction of sp³-hybridized carbons (Fsp3) is 0.778. The first-order valence-corrected chi connectivity index (χ1v) is 9.02. The van der Waals surface area contributed by atoms with E-state index in [9.17, 15) is 4.79 Å². The lowest BCUT2D eigenvalue weighted by Gasteiger charge is -2.40. The average Bonchev–Trinajstić information content (AvgIpc) is 3.04. The Morgan fingerprint density at radius 1 is 1.35 bits per heavy atom. The van der Waals surface area contributed by atoms with E-state index in [-0.39, 0.29) is 5.41 Å². The molecule has 0 aliphatic carbocycles. The largest absolute Gasteiger partial charge is 0.381 e. The molecule has 23 heavy (non-hydrogen) atoms. The van der Waals surface area contributed by atoms with E-state index in [0.717, 1.165) is 51.6 Å². The zero-order valence-corrected chi connectivity index (χ0v) is 14.5. The molecule has 1 aromatic rings. The van der Waals surface area contributed by atoms with Crippen molar-refractivity contribution in [3.8, 4) is 0 Å². The molecule has 2 aliphatic heterocycles. The summed E-state index contributed by atoms with van der Waals surface area (Å²) in [6.07, 6.45) is 10.1. The molecule has 0 bridgehead atoms. The van der Waals surface area contributed by atoms with E-state index in [2.05, 4.69) is 34.7 Å². The fourth-order valence-corrected chi connectivity index (χ4v) is 3.75. The molecule has 5 heteroatoms. The van der Waals surface area contributed by atoms with Crippen molar-refractivity contribution in [1.82, 2.24) is 14.7 Å². The molecule has 0 unspecified atom stereocenters. The van der Waals surface area contributed by atoms with Gasteiger partial charge in [0, 0.05) is 32.5 Å². The van der Waals surface area contributed by atoms with E-state index in [0.29, 0.717) is 25.2 Å². The molecule has 0 radical (unpaired) electrons. The minimum Gasteiger partial charge on any atom is -0.381 e. The number of carbonyl (C=O) groups excluding carboxylic acids is 1.